The Balaban J connectivity index is 3.22. The molecule has 27 heavy (non-hydrogen) atoms. The fourth-order valence-electron chi connectivity index (χ4n) is 1.96. The van der Waals surface area contributed by atoms with Crippen LogP contribution in [0.2, 0.25) is 0 Å². The van der Waals surface area contributed by atoms with Gasteiger partial charge in [-0.25, -0.2) is 14.4 Å². The third-order valence-corrected chi connectivity index (χ3v) is 2.82. The third-order valence-electron chi connectivity index (χ3n) is 2.82. The number of aryl methyl sites for hydroxylation is 1. The second-order valence-electron chi connectivity index (χ2n) is 7.74. The van der Waals surface area contributed by atoms with Crippen molar-refractivity contribution >= 4 is 23.9 Å². The van der Waals surface area contributed by atoms with Crippen LogP contribution in [0.4, 0.5) is 15.3 Å². The summed E-state index contributed by atoms with van der Waals surface area (Å²) in [6.07, 6.45) is -1.80. The number of H-pyrrole nitrogens is 1. The number of aromatic amines is 1. The summed E-state index contributed by atoms with van der Waals surface area (Å²) in [4.78, 5) is 39.1. The van der Waals surface area contributed by atoms with Gasteiger partial charge in [0, 0.05) is 5.69 Å². The van der Waals surface area contributed by atoms with Crippen molar-refractivity contribution in [3.63, 3.8) is 0 Å². The van der Waals surface area contributed by atoms with Crippen molar-refractivity contribution in [2.24, 2.45) is 0 Å². The lowest BCUT2D eigenvalue weighted by atomic mass is 10.2. The van der Waals surface area contributed by atoms with E-state index in [1.165, 1.54) is 0 Å². The van der Waals surface area contributed by atoms with Gasteiger partial charge in [-0.15, -0.1) is 0 Å². The molecule has 1 amide bonds. The van der Waals surface area contributed by atoms with Crippen LogP contribution in [0.1, 0.15) is 64.6 Å². The second-order valence-corrected chi connectivity index (χ2v) is 7.74. The van der Waals surface area contributed by atoms with Crippen LogP contribution in [0.3, 0.4) is 0 Å². The lowest BCUT2D eigenvalue weighted by Crippen LogP contribution is -2.28. The van der Waals surface area contributed by atoms with E-state index in [0.717, 1.165) is 0 Å². The summed E-state index contributed by atoms with van der Waals surface area (Å²) in [5, 5.41) is 2.49. The molecular formula is C18H28N2O7. The molecule has 0 bridgehead atoms. The summed E-state index contributed by atoms with van der Waals surface area (Å²) in [5.74, 6) is -0.942. The first-order valence-electron chi connectivity index (χ1n) is 8.54. The molecular weight excluding hydrogens is 356 g/mol. The zero-order chi connectivity index (χ0) is 21.0. The number of esters is 1. The Bertz CT molecular complexity index is 709. The maximum absolute atomic E-state index is 12.2. The molecule has 152 valence electrons. The van der Waals surface area contributed by atoms with Gasteiger partial charge in [-0.1, -0.05) is 0 Å². The van der Waals surface area contributed by atoms with Crippen LogP contribution in [0.25, 0.3) is 0 Å². The largest absolute Gasteiger partial charge is 0.514 e. The highest BCUT2D eigenvalue weighted by atomic mass is 16.7. The normalized spacial score (nSPS) is 11.6. The fourth-order valence-corrected chi connectivity index (χ4v) is 1.96. The first-order valence-corrected chi connectivity index (χ1v) is 8.54. The van der Waals surface area contributed by atoms with Crippen molar-refractivity contribution in [1.29, 1.82) is 0 Å². The molecule has 1 aromatic rings. The predicted molar refractivity (Wildman–Crippen MR) is 98.2 cm³/mol. The molecule has 0 aliphatic carbocycles. The standard InChI is InChI=1S/C18H28N2O7/c1-9-24-14(21)12-13(25-16(23)27-18(6,7)8)11(10(2)19-12)20-15(22)26-17(3,4)5/h19H,9H2,1-8H3,(H,20,22). The number of hydrogen-bond acceptors (Lipinski definition) is 7. The number of amides is 1. The van der Waals surface area contributed by atoms with E-state index in [2.05, 4.69) is 10.3 Å². The van der Waals surface area contributed by atoms with E-state index in [1.54, 1.807) is 55.4 Å². The highest BCUT2D eigenvalue weighted by Crippen LogP contribution is 2.34. The third kappa shape index (κ3) is 7.20. The van der Waals surface area contributed by atoms with E-state index >= 15 is 0 Å². The molecule has 0 spiro atoms. The highest BCUT2D eigenvalue weighted by Gasteiger charge is 2.29. The number of nitrogens with one attached hydrogen (secondary N) is 2. The molecule has 0 radical (unpaired) electrons. The smallest absolute Gasteiger partial charge is 0.461 e. The Hall–Kier alpha value is -2.71. The number of aromatic nitrogens is 1. The van der Waals surface area contributed by atoms with Crippen LogP contribution in [-0.2, 0) is 14.2 Å². The number of carbonyl (C=O) groups is 3. The Morgan fingerprint density at radius 3 is 2.04 bits per heavy atom. The molecule has 1 aromatic heterocycles. The Kier molecular flexibility index (Phi) is 6.88. The van der Waals surface area contributed by atoms with E-state index in [0.29, 0.717) is 5.69 Å². The zero-order valence-corrected chi connectivity index (χ0v) is 17.1. The van der Waals surface area contributed by atoms with Crippen molar-refractivity contribution < 1.29 is 33.3 Å². The lowest BCUT2D eigenvalue weighted by Gasteiger charge is -2.21. The van der Waals surface area contributed by atoms with Crippen LogP contribution in [0.5, 0.6) is 5.75 Å². The molecule has 1 heterocycles. The molecule has 1 rings (SSSR count). The monoisotopic (exact) mass is 384 g/mol. The number of rotatable bonds is 4. The Morgan fingerprint density at radius 2 is 1.56 bits per heavy atom. The van der Waals surface area contributed by atoms with Gasteiger partial charge in [0.1, 0.15) is 16.9 Å². The minimum atomic E-state index is -1.03. The summed E-state index contributed by atoms with van der Waals surface area (Å²) in [6, 6.07) is 0. The van der Waals surface area contributed by atoms with Crippen molar-refractivity contribution in [2.45, 2.75) is 66.6 Å². The van der Waals surface area contributed by atoms with Crippen LogP contribution in [0.15, 0.2) is 0 Å². The van der Waals surface area contributed by atoms with Gasteiger partial charge >= 0.3 is 18.2 Å². The van der Waals surface area contributed by atoms with Gasteiger partial charge in [-0.3, -0.25) is 5.32 Å². The van der Waals surface area contributed by atoms with Crippen LogP contribution in [0, 0.1) is 6.92 Å². The summed E-state index contributed by atoms with van der Waals surface area (Å²) in [7, 11) is 0. The van der Waals surface area contributed by atoms with Gasteiger partial charge in [0.2, 0.25) is 0 Å². The average Bonchev–Trinajstić information content (AvgIpc) is 2.72. The van der Waals surface area contributed by atoms with E-state index < -0.39 is 29.4 Å². The summed E-state index contributed by atoms with van der Waals surface area (Å²) in [6.45, 7) is 13.5. The first kappa shape index (κ1) is 22.3. The molecule has 9 heteroatoms. The summed E-state index contributed by atoms with van der Waals surface area (Å²) < 4.78 is 20.5. The number of hydrogen-bond donors (Lipinski definition) is 2. The van der Waals surface area contributed by atoms with Crippen molar-refractivity contribution in [3.8, 4) is 5.75 Å². The topological polar surface area (TPSA) is 116 Å². The van der Waals surface area contributed by atoms with Crippen molar-refractivity contribution in [3.05, 3.63) is 11.4 Å². The van der Waals surface area contributed by atoms with E-state index in [1.807, 2.05) is 0 Å². The SMILES string of the molecule is CCOC(=O)c1[nH]c(C)c(NC(=O)OC(C)(C)C)c1OC(=O)OC(C)(C)C. The lowest BCUT2D eigenvalue weighted by molar-refractivity contribution is 0.0202. The van der Waals surface area contributed by atoms with Gasteiger partial charge in [0.25, 0.3) is 0 Å². The first-order chi connectivity index (χ1) is 12.2. The van der Waals surface area contributed by atoms with E-state index in [9.17, 15) is 14.4 Å². The van der Waals surface area contributed by atoms with Gasteiger partial charge in [0.15, 0.2) is 11.4 Å². The number of ether oxygens (including phenoxy) is 4. The predicted octanol–water partition coefficient (Wildman–Crippen LogP) is 4.16. The van der Waals surface area contributed by atoms with Gasteiger partial charge in [-0.05, 0) is 55.4 Å². The fraction of sp³-hybridized carbons (Fsp3) is 0.611. The van der Waals surface area contributed by atoms with Gasteiger partial charge in [-0.2, -0.15) is 0 Å². The van der Waals surface area contributed by atoms with Crippen LogP contribution >= 0.6 is 0 Å². The zero-order valence-electron chi connectivity index (χ0n) is 17.1. The van der Waals surface area contributed by atoms with Crippen LogP contribution in [-0.4, -0.2) is 41.0 Å². The molecule has 0 fully saturated rings. The van der Waals surface area contributed by atoms with Gasteiger partial charge < -0.3 is 23.9 Å². The molecule has 9 nitrogen and oxygen atoms in total. The second kappa shape index (κ2) is 8.32. The maximum Gasteiger partial charge on any atom is 0.514 e. The molecule has 2 N–H and O–H groups in total. The van der Waals surface area contributed by atoms with E-state index in [4.69, 9.17) is 18.9 Å². The summed E-state index contributed by atoms with van der Waals surface area (Å²) >= 11 is 0. The van der Waals surface area contributed by atoms with Crippen molar-refractivity contribution in [2.75, 3.05) is 11.9 Å². The Morgan fingerprint density at radius 1 is 1.00 bits per heavy atom. The van der Waals surface area contributed by atoms with E-state index in [-0.39, 0.29) is 23.7 Å². The molecule has 0 aliphatic rings. The molecule has 0 unspecified atom stereocenters. The Labute approximate surface area is 158 Å². The molecule has 0 saturated carbocycles. The quantitative estimate of drug-likeness (QED) is 0.591. The maximum atomic E-state index is 12.2. The average molecular weight is 384 g/mol. The molecule has 0 atom stereocenters. The summed E-state index contributed by atoms with van der Waals surface area (Å²) in [5.41, 5.74) is -1.19. The number of carbonyl (C=O) groups excluding carboxylic acids is 3. The molecule has 0 aromatic carbocycles. The number of anilines is 1. The molecule has 0 saturated heterocycles. The minimum Gasteiger partial charge on any atom is -0.461 e. The van der Waals surface area contributed by atoms with Crippen LogP contribution < -0.4 is 10.1 Å². The highest BCUT2D eigenvalue weighted by molar-refractivity contribution is 5.98. The minimum absolute atomic E-state index is 0.0816. The molecule has 0 aliphatic heterocycles. The van der Waals surface area contributed by atoms with Gasteiger partial charge in [0.05, 0.1) is 6.61 Å². The van der Waals surface area contributed by atoms with Crippen molar-refractivity contribution in [1.82, 2.24) is 4.98 Å².